The molecule has 0 bridgehead atoms. The molecule has 0 aliphatic carbocycles. The lowest BCUT2D eigenvalue weighted by Gasteiger charge is -2.26. The van der Waals surface area contributed by atoms with E-state index in [0.29, 0.717) is 24.2 Å². The first kappa shape index (κ1) is 23.3. The molecule has 0 heterocycles. The van der Waals surface area contributed by atoms with Gasteiger partial charge in [0.25, 0.3) is 0 Å². The van der Waals surface area contributed by atoms with Crippen LogP contribution in [-0.2, 0) is 11.2 Å². The Hall–Kier alpha value is -2.84. The summed E-state index contributed by atoms with van der Waals surface area (Å²) in [5.41, 5.74) is 2.63. The predicted octanol–water partition coefficient (Wildman–Crippen LogP) is 8.37. The highest BCUT2D eigenvalue weighted by atomic mass is 16.7. The van der Waals surface area contributed by atoms with E-state index in [1.807, 2.05) is 0 Å². The van der Waals surface area contributed by atoms with E-state index in [4.69, 9.17) is 9.47 Å². The first-order chi connectivity index (χ1) is 16.0. The van der Waals surface area contributed by atoms with Crippen molar-refractivity contribution in [1.29, 1.82) is 0 Å². The molecule has 0 N–H and O–H groups in total. The van der Waals surface area contributed by atoms with Crippen molar-refractivity contribution in [2.45, 2.75) is 52.7 Å². The summed E-state index contributed by atoms with van der Waals surface area (Å²) >= 11 is 0. The van der Waals surface area contributed by atoms with Crippen LogP contribution in [0.3, 0.4) is 0 Å². The van der Waals surface area contributed by atoms with Gasteiger partial charge < -0.3 is 9.47 Å². The molecule has 0 radical (unpaired) electrons. The van der Waals surface area contributed by atoms with Gasteiger partial charge in [-0.05, 0) is 57.5 Å². The average molecular weight is 441 g/mol. The zero-order valence-electron chi connectivity index (χ0n) is 20.5. The average Bonchev–Trinajstić information content (AvgIpc) is 2.82. The molecule has 172 valence electrons. The Morgan fingerprint density at radius 1 is 0.727 bits per heavy atom. The van der Waals surface area contributed by atoms with Crippen molar-refractivity contribution in [2.24, 2.45) is 11.8 Å². The minimum Gasteiger partial charge on any atom is -0.464 e. The van der Waals surface area contributed by atoms with Crippen LogP contribution in [0.25, 0.3) is 21.5 Å². The second-order valence-electron chi connectivity index (χ2n) is 9.85. The van der Waals surface area contributed by atoms with Crippen molar-refractivity contribution in [2.75, 3.05) is 7.11 Å². The van der Waals surface area contributed by atoms with Gasteiger partial charge in [0.2, 0.25) is 6.29 Å². The number of benzene rings is 4. The van der Waals surface area contributed by atoms with Crippen molar-refractivity contribution in [3.05, 3.63) is 90.0 Å². The SMILES string of the molecule is COC(Cc1ccc2ccccc2c1)Oc1ccc(C(CC(C)C)C(C)C)c2ccccc12. The Kier molecular flexibility index (Phi) is 7.35. The van der Waals surface area contributed by atoms with Crippen LogP contribution in [0.2, 0.25) is 0 Å². The molecule has 4 aromatic carbocycles. The van der Waals surface area contributed by atoms with E-state index < -0.39 is 0 Å². The number of ether oxygens (including phenoxy) is 2. The van der Waals surface area contributed by atoms with Gasteiger partial charge in [0.05, 0.1) is 0 Å². The Bertz CT molecular complexity index is 1210. The second kappa shape index (κ2) is 10.4. The van der Waals surface area contributed by atoms with Crippen molar-refractivity contribution in [3.8, 4) is 5.75 Å². The third-order valence-corrected chi connectivity index (χ3v) is 6.58. The van der Waals surface area contributed by atoms with Gasteiger partial charge in [-0.3, -0.25) is 0 Å². The minimum absolute atomic E-state index is 0.350. The fourth-order valence-electron chi connectivity index (χ4n) is 4.86. The van der Waals surface area contributed by atoms with Crippen LogP contribution in [0.5, 0.6) is 5.75 Å². The minimum atomic E-state index is -0.350. The summed E-state index contributed by atoms with van der Waals surface area (Å²) in [4.78, 5) is 0. The van der Waals surface area contributed by atoms with E-state index in [9.17, 15) is 0 Å². The molecule has 4 aromatic rings. The summed E-state index contributed by atoms with van der Waals surface area (Å²) in [6, 6.07) is 28.0. The monoisotopic (exact) mass is 440 g/mol. The van der Waals surface area contributed by atoms with Crippen LogP contribution in [0.4, 0.5) is 0 Å². The van der Waals surface area contributed by atoms with Gasteiger partial charge in [-0.1, -0.05) is 100 Å². The number of hydrogen-bond acceptors (Lipinski definition) is 2. The molecule has 2 atom stereocenters. The molecule has 0 aliphatic rings. The van der Waals surface area contributed by atoms with Crippen LogP contribution in [-0.4, -0.2) is 13.4 Å². The molecule has 0 aliphatic heterocycles. The summed E-state index contributed by atoms with van der Waals surface area (Å²) in [5, 5.41) is 4.93. The van der Waals surface area contributed by atoms with E-state index in [1.165, 1.54) is 33.7 Å². The van der Waals surface area contributed by atoms with E-state index in [2.05, 4.69) is 107 Å². The summed E-state index contributed by atoms with van der Waals surface area (Å²) in [7, 11) is 1.72. The molecule has 2 heteroatoms. The largest absolute Gasteiger partial charge is 0.464 e. The highest BCUT2D eigenvalue weighted by molar-refractivity contribution is 5.91. The predicted molar refractivity (Wildman–Crippen MR) is 140 cm³/mol. The molecular formula is C31H36O2. The third kappa shape index (κ3) is 5.39. The molecule has 2 nitrogen and oxygen atoms in total. The Balaban J connectivity index is 1.63. The third-order valence-electron chi connectivity index (χ3n) is 6.58. The molecule has 0 saturated heterocycles. The molecule has 2 unspecified atom stereocenters. The van der Waals surface area contributed by atoms with E-state index >= 15 is 0 Å². The van der Waals surface area contributed by atoms with Crippen molar-refractivity contribution in [1.82, 2.24) is 0 Å². The zero-order valence-corrected chi connectivity index (χ0v) is 20.5. The quantitative estimate of drug-likeness (QED) is 0.243. The number of fused-ring (bicyclic) bond motifs is 2. The number of methoxy groups -OCH3 is 1. The summed E-state index contributed by atoms with van der Waals surface area (Å²) in [6.07, 6.45) is 1.53. The first-order valence-electron chi connectivity index (χ1n) is 12.1. The Morgan fingerprint density at radius 2 is 1.42 bits per heavy atom. The molecular weight excluding hydrogens is 404 g/mol. The maximum atomic E-state index is 6.45. The van der Waals surface area contributed by atoms with Crippen LogP contribution >= 0.6 is 0 Å². The molecule has 0 fully saturated rings. The van der Waals surface area contributed by atoms with Crippen LogP contribution in [0.15, 0.2) is 78.9 Å². The van der Waals surface area contributed by atoms with Crippen LogP contribution in [0, 0.1) is 11.8 Å². The van der Waals surface area contributed by atoms with E-state index in [1.54, 1.807) is 7.11 Å². The molecule has 0 saturated carbocycles. The Morgan fingerprint density at radius 3 is 2.12 bits per heavy atom. The lowest BCUT2D eigenvalue weighted by atomic mass is 9.80. The van der Waals surface area contributed by atoms with Crippen molar-refractivity contribution < 1.29 is 9.47 Å². The van der Waals surface area contributed by atoms with Crippen molar-refractivity contribution >= 4 is 21.5 Å². The fourth-order valence-corrected chi connectivity index (χ4v) is 4.86. The fraction of sp³-hybridized carbons (Fsp3) is 0.355. The van der Waals surface area contributed by atoms with Gasteiger partial charge in [-0.2, -0.15) is 0 Å². The molecule has 0 aromatic heterocycles. The molecule has 4 rings (SSSR count). The van der Waals surface area contributed by atoms with Gasteiger partial charge in [-0.25, -0.2) is 0 Å². The van der Waals surface area contributed by atoms with Gasteiger partial charge in [-0.15, -0.1) is 0 Å². The second-order valence-corrected chi connectivity index (χ2v) is 9.85. The van der Waals surface area contributed by atoms with Gasteiger partial charge in [0.1, 0.15) is 5.75 Å². The van der Waals surface area contributed by atoms with Gasteiger partial charge >= 0.3 is 0 Å². The number of rotatable bonds is 9. The first-order valence-corrected chi connectivity index (χ1v) is 12.1. The molecule has 0 spiro atoms. The maximum Gasteiger partial charge on any atom is 0.203 e. The zero-order chi connectivity index (χ0) is 23.4. The molecule has 33 heavy (non-hydrogen) atoms. The normalized spacial score (nSPS) is 13.7. The van der Waals surface area contributed by atoms with Crippen LogP contribution in [0.1, 0.15) is 51.2 Å². The van der Waals surface area contributed by atoms with Crippen LogP contribution < -0.4 is 4.74 Å². The van der Waals surface area contributed by atoms with Crippen molar-refractivity contribution in [3.63, 3.8) is 0 Å². The van der Waals surface area contributed by atoms with Gasteiger partial charge in [0, 0.05) is 18.9 Å². The van der Waals surface area contributed by atoms with Gasteiger partial charge in [0.15, 0.2) is 0 Å². The summed E-state index contributed by atoms with van der Waals surface area (Å²) in [6.45, 7) is 9.28. The Labute approximate surface area is 198 Å². The summed E-state index contributed by atoms with van der Waals surface area (Å²) in [5.74, 6) is 2.66. The summed E-state index contributed by atoms with van der Waals surface area (Å²) < 4.78 is 12.2. The highest BCUT2D eigenvalue weighted by Crippen LogP contribution is 2.39. The lowest BCUT2D eigenvalue weighted by Crippen LogP contribution is -2.22. The molecule has 0 amide bonds. The topological polar surface area (TPSA) is 18.5 Å². The van der Waals surface area contributed by atoms with E-state index in [-0.39, 0.29) is 6.29 Å². The highest BCUT2D eigenvalue weighted by Gasteiger charge is 2.21. The van der Waals surface area contributed by atoms with E-state index in [0.717, 1.165) is 11.1 Å². The lowest BCUT2D eigenvalue weighted by molar-refractivity contribution is -0.0510. The standard InChI is InChI=1S/C31H36O2/c1-21(2)18-29(22(3)4)27-16-17-30(28-13-9-8-12-26(27)28)33-31(32-5)20-23-14-15-24-10-6-7-11-25(24)19-23/h6-17,19,21-22,29,31H,18,20H2,1-5H3. The maximum absolute atomic E-state index is 6.45. The smallest absolute Gasteiger partial charge is 0.203 e. The number of hydrogen-bond donors (Lipinski definition) is 0.